The van der Waals surface area contributed by atoms with E-state index in [1.54, 1.807) is 30.0 Å². The molecule has 0 heterocycles. The molecule has 0 aromatic heterocycles. The molecule has 2 aliphatic carbocycles. The summed E-state index contributed by atoms with van der Waals surface area (Å²) in [5.41, 5.74) is 1.29. The molecule has 0 N–H and O–H groups in total. The molecular formula is C64H20B28N2. The van der Waals surface area contributed by atoms with Crippen LogP contribution in [0.25, 0.3) is 54.6 Å². The first-order valence-corrected chi connectivity index (χ1v) is 28.4. The first kappa shape index (κ1) is 70.1. The quantitative estimate of drug-likeness (QED) is 0.0491. The van der Waals surface area contributed by atoms with Crippen LogP contribution in [-0.4, -0.2) is 220 Å². The molecule has 30 heteroatoms. The van der Waals surface area contributed by atoms with Crippen molar-refractivity contribution in [1.82, 2.24) is 0 Å². The normalized spacial score (nSPS) is 15.2. The van der Waals surface area contributed by atoms with Crippen LogP contribution in [0, 0.1) is 24.7 Å². The number of hydrogen-bond acceptors (Lipinski definition) is 2. The van der Waals surface area contributed by atoms with Crippen molar-refractivity contribution in [1.29, 1.82) is 0 Å². The van der Waals surface area contributed by atoms with E-state index in [0.29, 0.717) is 60.7 Å². The van der Waals surface area contributed by atoms with Crippen LogP contribution < -0.4 is 119 Å². The Morgan fingerprint density at radius 1 is 0.489 bits per heavy atom. The molecule has 0 saturated heterocycles. The van der Waals surface area contributed by atoms with Crippen LogP contribution in [0.15, 0.2) is 116 Å². The Balaban J connectivity index is 1.36. The first-order valence-electron chi connectivity index (χ1n) is 28.4. The minimum atomic E-state index is -1.15. The molecule has 1 atom stereocenters. The standard InChI is InChI=1S/C64H20B28N2/c1-4-26(66)38(67)39(68)31(17-65)93(27(5-2)24(36-44(73)52(81)58(87)53(82)45(36)74)14-18(3)32-40(69)48(77)56(85)49(78)41(32)70)28-12-8-19-7-11-23-29(13-9-20-6-10-22(28)33(19)34(20)23)94(64-62(91)60(89)61(90)63(64)92)30-16-21(35-42(71)50(79)57(86)51(80)43(35)72)15-25(30)37-46(75)54(83)59(88)55(84)47(37)76/h1-2,6-15,62H,16-17H2,3H3/b18-14+,27-24-,38-26-,39-31-. The zero-order chi connectivity index (χ0) is 69.2. The summed E-state index contributed by atoms with van der Waals surface area (Å²) >= 11 is 0. The maximum atomic E-state index is 7.15. The number of rotatable bonds is 13. The maximum absolute atomic E-state index is 7.15. The van der Waals surface area contributed by atoms with E-state index >= 15 is 0 Å². The second-order valence-electron chi connectivity index (χ2n) is 22.7. The molecule has 370 valence electrons. The molecular weight excluding hydrogens is 1100 g/mol. The van der Waals surface area contributed by atoms with Gasteiger partial charge in [0, 0.05) is 45.4 Å². The third kappa shape index (κ3) is 10.9. The van der Waals surface area contributed by atoms with E-state index < -0.39 is 12.1 Å². The zero-order valence-electron chi connectivity index (χ0n) is 51.0. The van der Waals surface area contributed by atoms with Crippen molar-refractivity contribution in [3.05, 3.63) is 139 Å². The first-order chi connectivity index (χ1) is 44.2. The minimum absolute atomic E-state index is 0.00618. The van der Waals surface area contributed by atoms with Crippen LogP contribution in [0.3, 0.4) is 0 Å². The van der Waals surface area contributed by atoms with Gasteiger partial charge < -0.3 is 9.80 Å². The Bertz CT molecular complexity index is 4990. The fourth-order valence-corrected chi connectivity index (χ4v) is 12.4. The number of terminal acetylenes is 2. The fourth-order valence-electron chi connectivity index (χ4n) is 12.4. The number of nitrogens with zero attached hydrogens (tertiary/aromatic N) is 2. The predicted octanol–water partition coefficient (Wildman–Crippen LogP) is -11.8. The monoisotopic (exact) mass is 1120 g/mol. The summed E-state index contributed by atoms with van der Waals surface area (Å²) in [6.45, 7) is 1.65. The van der Waals surface area contributed by atoms with Crippen LogP contribution in [-0.2, 0) is 0 Å². The van der Waals surface area contributed by atoms with E-state index in [1.165, 1.54) is 0 Å². The van der Waals surface area contributed by atoms with Gasteiger partial charge in [-0.1, -0.05) is 108 Å². The van der Waals surface area contributed by atoms with Crippen molar-refractivity contribution < 1.29 is 0 Å². The van der Waals surface area contributed by atoms with Crippen molar-refractivity contribution in [3.8, 4) is 24.7 Å². The van der Waals surface area contributed by atoms with Gasteiger partial charge >= 0.3 is 0 Å². The molecule has 0 spiro atoms. The summed E-state index contributed by atoms with van der Waals surface area (Å²) in [7, 11) is 187. The van der Waals surface area contributed by atoms with Crippen LogP contribution in [0.4, 0.5) is 11.4 Å². The molecule has 0 amide bonds. The molecule has 10 rings (SSSR count). The highest BCUT2D eigenvalue weighted by Crippen LogP contribution is 2.51. The van der Waals surface area contributed by atoms with Crippen molar-refractivity contribution in [2.24, 2.45) is 0 Å². The summed E-state index contributed by atoms with van der Waals surface area (Å²) < 4.78 is 0. The average molecular weight is 1120 g/mol. The maximum Gasteiger partial charge on any atom is 0.125 e. The van der Waals surface area contributed by atoms with Gasteiger partial charge in [-0.2, -0.15) is 0 Å². The van der Waals surface area contributed by atoms with Gasteiger partial charge in [-0.3, -0.25) is 0 Å². The summed E-state index contributed by atoms with van der Waals surface area (Å²) in [5, 5.41) is 3.80. The molecule has 0 bridgehead atoms. The van der Waals surface area contributed by atoms with Gasteiger partial charge in [-0.15, -0.1) is 94.8 Å². The van der Waals surface area contributed by atoms with E-state index in [4.69, 9.17) is 233 Å². The molecule has 2 aliphatic rings. The smallest absolute Gasteiger partial charge is 0.125 e. The van der Waals surface area contributed by atoms with Crippen molar-refractivity contribution in [2.75, 3.05) is 9.80 Å². The number of anilines is 2. The topological polar surface area (TPSA) is 6.48 Å². The highest BCUT2D eigenvalue weighted by molar-refractivity contribution is 6.72. The van der Waals surface area contributed by atoms with E-state index in [-0.39, 0.29) is 193 Å². The molecule has 0 saturated carbocycles. The molecule has 0 aliphatic heterocycles. The number of allylic oxidation sites excluding steroid dienone is 14. The van der Waals surface area contributed by atoms with Crippen molar-refractivity contribution in [2.45, 2.75) is 25.5 Å². The number of benzene rings is 8. The molecule has 94 heavy (non-hydrogen) atoms. The Morgan fingerprint density at radius 2 is 0.894 bits per heavy atom. The highest BCUT2D eigenvalue weighted by atomic mass is 15.2. The molecule has 1 unspecified atom stereocenters. The van der Waals surface area contributed by atoms with Gasteiger partial charge in [0.1, 0.15) is 210 Å². The Labute approximate surface area is 589 Å². The van der Waals surface area contributed by atoms with Gasteiger partial charge in [-0.05, 0) is 98.3 Å². The minimum Gasteiger partial charge on any atom is -0.317 e. The van der Waals surface area contributed by atoms with E-state index in [9.17, 15) is 0 Å². The lowest BCUT2D eigenvalue weighted by Gasteiger charge is -2.36. The summed E-state index contributed by atoms with van der Waals surface area (Å²) in [5.74, 6) is 4.05. The Hall–Kier alpha value is -6.74. The SMILES string of the molecule is [B]C/C(=C([B])\C([B])=C(\[B])C#C)N(/C(C#C)=C(/C=C(\C)c1c([B])c([B])c([B])c([B])c1[B])c1c([B])c([B])c([B])c([B])c1[B])c1ccc2ccc3c(N(C4=C(c5c([B])c([B])c([B])c([B])c5[B])C=C(c5c([B])c([B])c([B])c([B])c5[B])C4)C4=C([B])C([B])=C([B])C4[B])ccc4ccc1c2c43. The van der Waals surface area contributed by atoms with Gasteiger partial charge in [0.25, 0.3) is 0 Å². The van der Waals surface area contributed by atoms with E-state index in [0.717, 1.165) is 5.39 Å². The van der Waals surface area contributed by atoms with Gasteiger partial charge in [0.15, 0.2) is 0 Å². The van der Waals surface area contributed by atoms with Crippen LogP contribution in [0.1, 0.15) is 35.6 Å². The largest absolute Gasteiger partial charge is 0.317 e. The zero-order valence-corrected chi connectivity index (χ0v) is 51.0. The van der Waals surface area contributed by atoms with Gasteiger partial charge in [0.05, 0.1) is 27.1 Å². The second kappa shape index (κ2) is 26.3. The molecule has 2 nitrogen and oxygen atoms in total. The van der Waals surface area contributed by atoms with Gasteiger partial charge in [-0.25, -0.2) is 0 Å². The molecule has 0 fully saturated rings. The third-order valence-corrected chi connectivity index (χ3v) is 17.6. The summed E-state index contributed by atoms with van der Waals surface area (Å²) in [6, 6.07) is 14.9. The predicted molar refractivity (Wildman–Crippen MR) is 429 cm³/mol. The molecule has 56 radical (unpaired) electrons. The Kier molecular flexibility index (Phi) is 19.6. The van der Waals surface area contributed by atoms with Crippen LogP contribution in [0.2, 0.25) is 12.1 Å². The lowest BCUT2D eigenvalue weighted by molar-refractivity contribution is 0.998. The Morgan fingerprint density at radius 3 is 1.32 bits per heavy atom. The van der Waals surface area contributed by atoms with Crippen molar-refractivity contribution in [3.63, 3.8) is 0 Å². The van der Waals surface area contributed by atoms with Crippen molar-refractivity contribution >= 4 is 395 Å². The van der Waals surface area contributed by atoms with Gasteiger partial charge in [0.2, 0.25) is 0 Å². The van der Waals surface area contributed by atoms with E-state index in [1.807, 2.05) is 47.4 Å². The summed E-state index contributed by atoms with van der Waals surface area (Å²) in [4.78, 5) is 3.38. The third-order valence-electron chi connectivity index (χ3n) is 17.6. The second-order valence-corrected chi connectivity index (χ2v) is 22.7. The molecule has 8 aromatic rings. The lowest BCUT2D eigenvalue weighted by atomic mass is 9.59. The average Bonchev–Trinajstić information content (AvgIpc) is 1.13. The van der Waals surface area contributed by atoms with Crippen LogP contribution in [0.5, 0.6) is 0 Å². The summed E-state index contributed by atoms with van der Waals surface area (Å²) in [6.07, 6.45) is 15.5. The van der Waals surface area contributed by atoms with E-state index in [2.05, 4.69) is 11.8 Å². The lowest BCUT2D eigenvalue weighted by Crippen LogP contribution is -2.56. The number of hydrogen-bond donors (Lipinski definition) is 0. The molecule has 8 aromatic carbocycles. The van der Waals surface area contributed by atoms with Crippen LogP contribution >= 0.6 is 0 Å². The highest BCUT2D eigenvalue weighted by Gasteiger charge is 2.36. The fraction of sp³-hybridized carbons (Fsp3) is 0.0625.